The minimum absolute atomic E-state index is 0.000647. The third-order valence-electron chi connectivity index (χ3n) is 3.99. The first-order valence-corrected chi connectivity index (χ1v) is 9.33. The Morgan fingerprint density at radius 3 is 2.31 bits per heavy atom. The topological polar surface area (TPSA) is 104 Å². The first-order chi connectivity index (χ1) is 12.2. The number of halogens is 1. The van der Waals surface area contributed by atoms with E-state index in [1.165, 1.54) is 42.5 Å². The standard InChI is InChI=1S/C18H14ClNO5S/c1-10-14-7-6-13(8-15(14)16(19)9-17(10)21)26(24,25)20-12-4-2-11(3-5-12)18(22)23/h2-9,20-21H,1H3,(H,22,23). The summed E-state index contributed by atoms with van der Waals surface area (Å²) in [4.78, 5) is 10.9. The number of phenolic OH excluding ortho intramolecular Hbond substituents is 1. The molecule has 0 spiro atoms. The van der Waals surface area contributed by atoms with Crippen LogP contribution >= 0.6 is 11.6 Å². The third kappa shape index (κ3) is 3.31. The summed E-state index contributed by atoms with van der Waals surface area (Å²) in [6, 6.07) is 11.2. The van der Waals surface area contributed by atoms with Gasteiger partial charge in [-0.15, -0.1) is 0 Å². The normalized spacial score (nSPS) is 11.5. The zero-order valence-corrected chi connectivity index (χ0v) is 15.1. The van der Waals surface area contributed by atoms with Crippen molar-refractivity contribution in [3.63, 3.8) is 0 Å². The molecule has 0 aliphatic rings. The van der Waals surface area contributed by atoms with Gasteiger partial charge in [0.2, 0.25) is 0 Å². The number of carboxylic acid groups (broad SMARTS) is 1. The number of carboxylic acids is 1. The van der Waals surface area contributed by atoms with Gasteiger partial charge in [-0.25, -0.2) is 13.2 Å². The van der Waals surface area contributed by atoms with Crippen molar-refractivity contribution >= 4 is 44.1 Å². The molecule has 6 nitrogen and oxygen atoms in total. The molecule has 0 saturated heterocycles. The fraction of sp³-hybridized carbons (Fsp3) is 0.0556. The van der Waals surface area contributed by atoms with Crippen molar-refractivity contribution in [3.8, 4) is 5.75 Å². The lowest BCUT2D eigenvalue weighted by atomic mass is 10.0. The van der Waals surface area contributed by atoms with Gasteiger partial charge in [-0.2, -0.15) is 0 Å². The molecular formula is C18H14ClNO5S. The van der Waals surface area contributed by atoms with E-state index in [9.17, 15) is 18.3 Å². The monoisotopic (exact) mass is 391 g/mol. The number of hydrogen-bond donors (Lipinski definition) is 3. The summed E-state index contributed by atoms with van der Waals surface area (Å²) in [7, 11) is -3.90. The van der Waals surface area contributed by atoms with Gasteiger partial charge in [0.25, 0.3) is 10.0 Å². The second-order valence-corrected chi connectivity index (χ2v) is 7.79. The van der Waals surface area contributed by atoms with E-state index in [0.717, 1.165) is 0 Å². The number of aromatic hydroxyl groups is 1. The highest BCUT2D eigenvalue weighted by atomic mass is 35.5. The number of benzene rings is 3. The number of aryl methyl sites for hydroxylation is 1. The Kier molecular flexibility index (Phi) is 4.52. The molecule has 0 aliphatic carbocycles. The summed E-state index contributed by atoms with van der Waals surface area (Å²) in [6.07, 6.45) is 0. The van der Waals surface area contributed by atoms with E-state index < -0.39 is 16.0 Å². The molecule has 26 heavy (non-hydrogen) atoms. The molecule has 134 valence electrons. The van der Waals surface area contributed by atoms with Gasteiger partial charge in [-0.05, 0) is 60.3 Å². The van der Waals surface area contributed by atoms with Gasteiger partial charge in [0.15, 0.2) is 0 Å². The van der Waals surface area contributed by atoms with Crippen molar-refractivity contribution in [2.45, 2.75) is 11.8 Å². The van der Waals surface area contributed by atoms with Crippen LogP contribution in [0.25, 0.3) is 10.8 Å². The van der Waals surface area contributed by atoms with Gasteiger partial charge in [-0.1, -0.05) is 17.7 Å². The Bertz CT molecular complexity index is 1120. The number of fused-ring (bicyclic) bond motifs is 1. The zero-order chi connectivity index (χ0) is 19.1. The summed E-state index contributed by atoms with van der Waals surface area (Å²) >= 11 is 6.13. The van der Waals surface area contributed by atoms with Crippen LogP contribution in [0, 0.1) is 6.92 Å². The number of aromatic carboxylic acids is 1. The third-order valence-corrected chi connectivity index (χ3v) is 5.69. The number of nitrogens with one attached hydrogen (secondary N) is 1. The number of sulfonamides is 1. The fourth-order valence-corrected chi connectivity index (χ4v) is 3.90. The van der Waals surface area contributed by atoms with Gasteiger partial charge >= 0.3 is 5.97 Å². The number of carbonyl (C=O) groups is 1. The highest BCUT2D eigenvalue weighted by Gasteiger charge is 2.17. The lowest BCUT2D eigenvalue weighted by Crippen LogP contribution is -2.13. The van der Waals surface area contributed by atoms with Crippen LogP contribution in [0.2, 0.25) is 5.02 Å². The summed E-state index contributed by atoms with van der Waals surface area (Å²) in [6.45, 7) is 1.71. The van der Waals surface area contributed by atoms with Crippen molar-refractivity contribution in [3.05, 3.63) is 64.7 Å². The van der Waals surface area contributed by atoms with Gasteiger partial charge in [0.1, 0.15) is 5.75 Å². The minimum Gasteiger partial charge on any atom is -0.508 e. The first-order valence-electron chi connectivity index (χ1n) is 7.47. The van der Waals surface area contributed by atoms with Crippen molar-refractivity contribution in [1.82, 2.24) is 0 Å². The van der Waals surface area contributed by atoms with E-state index in [1.807, 2.05) is 0 Å². The molecule has 0 saturated carbocycles. The van der Waals surface area contributed by atoms with E-state index >= 15 is 0 Å². The Hall–Kier alpha value is -2.77. The molecule has 0 unspecified atom stereocenters. The van der Waals surface area contributed by atoms with E-state index in [0.29, 0.717) is 16.3 Å². The predicted molar refractivity (Wildman–Crippen MR) is 99.6 cm³/mol. The smallest absolute Gasteiger partial charge is 0.335 e. The molecule has 3 aromatic rings. The average molecular weight is 392 g/mol. The van der Waals surface area contributed by atoms with Gasteiger partial charge in [0, 0.05) is 11.1 Å². The van der Waals surface area contributed by atoms with Crippen LogP contribution in [0.3, 0.4) is 0 Å². The Labute approximate surface area is 154 Å². The first kappa shape index (κ1) is 18.0. The summed E-state index contributed by atoms with van der Waals surface area (Å²) in [5, 5.41) is 20.1. The lowest BCUT2D eigenvalue weighted by Gasteiger charge is -2.11. The fourth-order valence-electron chi connectivity index (χ4n) is 2.55. The minimum atomic E-state index is -3.90. The number of rotatable bonds is 4. The molecule has 0 atom stereocenters. The average Bonchev–Trinajstić information content (AvgIpc) is 2.59. The Morgan fingerprint density at radius 2 is 1.69 bits per heavy atom. The van der Waals surface area contributed by atoms with Gasteiger partial charge in [0.05, 0.1) is 15.5 Å². The molecule has 8 heteroatoms. The van der Waals surface area contributed by atoms with Crippen molar-refractivity contribution in [2.75, 3.05) is 4.72 Å². The Balaban J connectivity index is 2.00. The second-order valence-electron chi connectivity index (χ2n) is 5.70. The lowest BCUT2D eigenvalue weighted by molar-refractivity contribution is 0.0697. The molecule has 3 rings (SSSR count). The highest BCUT2D eigenvalue weighted by Crippen LogP contribution is 2.34. The van der Waals surface area contributed by atoms with Crippen LogP contribution in [0.4, 0.5) is 5.69 Å². The SMILES string of the molecule is Cc1c(O)cc(Cl)c2cc(S(=O)(=O)Nc3ccc(C(=O)O)cc3)ccc12. The maximum Gasteiger partial charge on any atom is 0.335 e. The number of hydrogen-bond acceptors (Lipinski definition) is 4. The van der Waals surface area contributed by atoms with E-state index in [2.05, 4.69) is 4.72 Å². The molecule has 0 aromatic heterocycles. The predicted octanol–water partition coefficient (Wildman–Crippen LogP) is 4.01. The molecular weight excluding hydrogens is 378 g/mol. The second kappa shape index (κ2) is 6.51. The highest BCUT2D eigenvalue weighted by molar-refractivity contribution is 7.92. The number of phenols is 1. The molecule has 3 N–H and O–H groups in total. The molecule has 0 aliphatic heterocycles. The van der Waals surface area contributed by atoms with Crippen LogP contribution in [0.15, 0.2) is 53.4 Å². The summed E-state index contributed by atoms with van der Waals surface area (Å²) in [5.74, 6) is -1.06. The molecule has 0 radical (unpaired) electrons. The zero-order valence-electron chi connectivity index (χ0n) is 13.5. The van der Waals surface area contributed by atoms with Crippen molar-refractivity contribution < 1.29 is 23.4 Å². The van der Waals surface area contributed by atoms with Crippen molar-refractivity contribution in [1.29, 1.82) is 0 Å². The van der Waals surface area contributed by atoms with E-state index in [1.54, 1.807) is 13.0 Å². The van der Waals surface area contributed by atoms with Crippen molar-refractivity contribution in [2.24, 2.45) is 0 Å². The van der Waals surface area contributed by atoms with Crippen LogP contribution in [0.1, 0.15) is 15.9 Å². The maximum atomic E-state index is 12.6. The van der Waals surface area contributed by atoms with Crippen LogP contribution in [-0.4, -0.2) is 24.6 Å². The van der Waals surface area contributed by atoms with Gasteiger partial charge < -0.3 is 10.2 Å². The van der Waals surface area contributed by atoms with Crippen LogP contribution in [-0.2, 0) is 10.0 Å². The summed E-state index contributed by atoms with van der Waals surface area (Å²) < 4.78 is 27.6. The van der Waals surface area contributed by atoms with Crippen LogP contribution < -0.4 is 4.72 Å². The molecule has 0 heterocycles. The molecule has 0 fully saturated rings. The Morgan fingerprint density at radius 1 is 1.04 bits per heavy atom. The maximum absolute atomic E-state index is 12.6. The van der Waals surface area contributed by atoms with E-state index in [-0.39, 0.29) is 26.9 Å². The van der Waals surface area contributed by atoms with Crippen LogP contribution in [0.5, 0.6) is 5.75 Å². The molecule has 0 amide bonds. The quantitative estimate of drug-likeness (QED) is 0.623. The van der Waals surface area contributed by atoms with E-state index in [4.69, 9.17) is 16.7 Å². The largest absolute Gasteiger partial charge is 0.508 e. The number of anilines is 1. The summed E-state index contributed by atoms with van der Waals surface area (Å²) in [5.41, 5.74) is 0.898. The molecule has 0 bridgehead atoms. The molecule has 3 aromatic carbocycles. The van der Waals surface area contributed by atoms with Gasteiger partial charge in [-0.3, -0.25) is 4.72 Å².